The lowest BCUT2D eigenvalue weighted by Gasteiger charge is -2.40. The molecule has 2 saturated heterocycles. The number of amides is 4. The first kappa shape index (κ1) is 22.9. The van der Waals surface area contributed by atoms with E-state index in [0.717, 1.165) is 24.2 Å². The van der Waals surface area contributed by atoms with Crippen LogP contribution < -0.4 is 11.1 Å². The molecular weight excluding hydrogens is 380 g/mol. The molecule has 160 valence electrons. The van der Waals surface area contributed by atoms with Gasteiger partial charge in [-0.2, -0.15) is 0 Å². The number of nitrogens with two attached hydrogens (primary N) is 1. The Kier molecular flexibility index (Phi) is 6.71. The van der Waals surface area contributed by atoms with Crippen LogP contribution in [0.4, 0.5) is 4.79 Å². The quantitative estimate of drug-likeness (QED) is 0.691. The number of hydrogen-bond acceptors (Lipinski definition) is 4. The molecule has 0 aromatic heterocycles. The fourth-order valence-corrected chi connectivity index (χ4v) is 5.02. The zero-order valence-electron chi connectivity index (χ0n) is 17.5. The van der Waals surface area contributed by atoms with Gasteiger partial charge in [-0.05, 0) is 62.8 Å². The van der Waals surface area contributed by atoms with Gasteiger partial charge in [0.25, 0.3) is 5.91 Å². The summed E-state index contributed by atoms with van der Waals surface area (Å²) in [6.07, 6.45) is 4.01. The van der Waals surface area contributed by atoms with Crippen LogP contribution in [0, 0.1) is 17.3 Å². The van der Waals surface area contributed by atoms with Gasteiger partial charge in [-0.1, -0.05) is 20.8 Å². The Morgan fingerprint density at radius 3 is 2.36 bits per heavy atom. The first-order valence-corrected chi connectivity index (χ1v) is 10.2. The van der Waals surface area contributed by atoms with Crippen LogP contribution in [0.15, 0.2) is 0 Å². The Labute approximate surface area is 174 Å². The highest BCUT2D eigenvalue weighted by atomic mass is 35.5. The van der Waals surface area contributed by atoms with Crippen molar-refractivity contribution in [3.05, 3.63) is 0 Å². The predicted molar refractivity (Wildman–Crippen MR) is 110 cm³/mol. The van der Waals surface area contributed by atoms with Crippen LogP contribution in [0.3, 0.4) is 0 Å². The second kappa shape index (κ2) is 8.19. The molecule has 0 aromatic rings. The Morgan fingerprint density at radius 2 is 1.86 bits per heavy atom. The second-order valence-electron chi connectivity index (χ2n) is 9.78. The Morgan fingerprint density at radius 1 is 1.25 bits per heavy atom. The van der Waals surface area contributed by atoms with E-state index in [4.69, 9.17) is 5.73 Å². The molecule has 8 heteroatoms. The number of imide groups is 1. The molecule has 2 unspecified atom stereocenters. The zero-order chi connectivity index (χ0) is 20.0. The molecule has 1 saturated carbocycles. The molecule has 4 amide bonds. The number of halogens is 1. The highest BCUT2D eigenvalue weighted by molar-refractivity contribution is 6.09. The molecule has 1 aliphatic carbocycles. The second-order valence-corrected chi connectivity index (χ2v) is 9.78. The normalized spacial score (nSPS) is 33.2. The summed E-state index contributed by atoms with van der Waals surface area (Å²) in [6, 6.07) is -0.326. The summed E-state index contributed by atoms with van der Waals surface area (Å²) in [4.78, 5) is 41.2. The summed E-state index contributed by atoms with van der Waals surface area (Å²) in [5.74, 6) is 0.450. The summed E-state index contributed by atoms with van der Waals surface area (Å²) >= 11 is 0. The molecule has 3 fully saturated rings. The minimum Gasteiger partial charge on any atom is -0.338 e. The highest BCUT2D eigenvalue weighted by Crippen LogP contribution is 2.43. The molecule has 2 aliphatic heterocycles. The van der Waals surface area contributed by atoms with E-state index in [1.54, 1.807) is 4.90 Å². The van der Waals surface area contributed by atoms with Crippen molar-refractivity contribution in [3.8, 4) is 0 Å². The van der Waals surface area contributed by atoms with Crippen molar-refractivity contribution >= 4 is 30.3 Å². The highest BCUT2D eigenvalue weighted by Gasteiger charge is 2.54. The van der Waals surface area contributed by atoms with Gasteiger partial charge in [0.05, 0.1) is 0 Å². The standard InChI is InChI=1S/C20H34N4O3.ClH/c1-13-9-14(10-21)11-23(13)16(25)12-24-17(26)20(22-18(24)27)7-5-15(6-8-20)19(2,3)4;/h13-15H,5-12,21H2,1-4H3,(H,22,27);1H. The van der Waals surface area contributed by atoms with Crippen LogP contribution in [0.2, 0.25) is 0 Å². The minimum atomic E-state index is -0.810. The molecule has 3 rings (SSSR count). The van der Waals surface area contributed by atoms with Gasteiger partial charge >= 0.3 is 6.03 Å². The minimum absolute atomic E-state index is 0. The molecule has 0 radical (unpaired) electrons. The molecule has 7 nitrogen and oxygen atoms in total. The fourth-order valence-electron chi connectivity index (χ4n) is 5.02. The maximum Gasteiger partial charge on any atom is 0.325 e. The third-order valence-corrected chi connectivity index (χ3v) is 6.92. The van der Waals surface area contributed by atoms with E-state index in [0.29, 0.717) is 37.8 Å². The number of rotatable bonds is 3. The third kappa shape index (κ3) is 4.15. The van der Waals surface area contributed by atoms with Crippen molar-refractivity contribution in [1.29, 1.82) is 0 Å². The number of nitrogens with zero attached hydrogens (tertiary/aromatic N) is 2. The number of carbonyl (C=O) groups excluding carboxylic acids is 3. The molecule has 1 spiro atoms. The van der Waals surface area contributed by atoms with Gasteiger partial charge in [0.1, 0.15) is 12.1 Å². The molecule has 2 heterocycles. The smallest absolute Gasteiger partial charge is 0.325 e. The van der Waals surface area contributed by atoms with Gasteiger partial charge in [0.15, 0.2) is 0 Å². The summed E-state index contributed by atoms with van der Waals surface area (Å²) in [7, 11) is 0. The van der Waals surface area contributed by atoms with E-state index in [9.17, 15) is 14.4 Å². The number of carbonyl (C=O) groups is 3. The molecule has 3 N–H and O–H groups in total. The van der Waals surface area contributed by atoms with Crippen molar-refractivity contribution < 1.29 is 14.4 Å². The molecule has 28 heavy (non-hydrogen) atoms. The molecule has 3 aliphatic rings. The van der Waals surface area contributed by atoms with Crippen LogP contribution in [-0.4, -0.2) is 58.9 Å². The molecular formula is C20H35ClN4O3. The van der Waals surface area contributed by atoms with E-state index in [1.807, 2.05) is 6.92 Å². The molecule has 0 aromatic carbocycles. The van der Waals surface area contributed by atoms with E-state index in [2.05, 4.69) is 26.1 Å². The lowest BCUT2D eigenvalue weighted by atomic mass is 9.67. The van der Waals surface area contributed by atoms with Gasteiger partial charge < -0.3 is 16.0 Å². The summed E-state index contributed by atoms with van der Waals surface area (Å²) in [6.45, 7) is 9.66. The predicted octanol–water partition coefficient (Wildman–Crippen LogP) is 2.13. The van der Waals surface area contributed by atoms with E-state index >= 15 is 0 Å². The van der Waals surface area contributed by atoms with Crippen LogP contribution >= 0.6 is 12.4 Å². The van der Waals surface area contributed by atoms with Crippen LogP contribution in [0.5, 0.6) is 0 Å². The van der Waals surface area contributed by atoms with Gasteiger partial charge in [-0.15, -0.1) is 12.4 Å². The zero-order valence-corrected chi connectivity index (χ0v) is 18.3. The van der Waals surface area contributed by atoms with Gasteiger partial charge in [0.2, 0.25) is 5.91 Å². The largest absolute Gasteiger partial charge is 0.338 e. The maximum atomic E-state index is 13.1. The maximum absolute atomic E-state index is 13.1. The van der Waals surface area contributed by atoms with Gasteiger partial charge in [0, 0.05) is 12.6 Å². The van der Waals surface area contributed by atoms with Crippen LogP contribution in [0.25, 0.3) is 0 Å². The van der Waals surface area contributed by atoms with E-state index in [-0.39, 0.29) is 42.2 Å². The average molecular weight is 415 g/mol. The van der Waals surface area contributed by atoms with Crippen LogP contribution in [0.1, 0.15) is 59.8 Å². The lowest BCUT2D eigenvalue weighted by Crippen LogP contribution is -2.51. The topological polar surface area (TPSA) is 95.7 Å². The molecule has 0 bridgehead atoms. The van der Waals surface area contributed by atoms with E-state index < -0.39 is 11.6 Å². The van der Waals surface area contributed by atoms with Crippen molar-refractivity contribution in [2.75, 3.05) is 19.6 Å². The van der Waals surface area contributed by atoms with Gasteiger partial charge in [-0.3, -0.25) is 14.5 Å². The Balaban J connectivity index is 0.00000280. The van der Waals surface area contributed by atoms with Crippen molar-refractivity contribution in [2.45, 2.75) is 71.4 Å². The van der Waals surface area contributed by atoms with Crippen molar-refractivity contribution in [1.82, 2.24) is 15.1 Å². The SMILES string of the molecule is CC1CC(CN)CN1C(=O)CN1C(=O)NC2(CCC(C(C)(C)C)CC2)C1=O.Cl. The van der Waals surface area contributed by atoms with E-state index in [1.165, 1.54) is 0 Å². The Bertz CT molecular complexity index is 625. The Hall–Kier alpha value is -1.34. The first-order valence-electron chi connectivity index (χ1n) is 10.2. The van der Waals surface area contributed by atoms with Gasteiger partial charge in [-0.25, -0.2) is 4.79 Å². The number of urea groups is 1. The summed E-state index contributed by atoms with van der Waals surface area (Å²) < 4.78 is 0. The number of nitrogens with one attached hydrogen (secondary N) is 1. The van der Waals surface area contributed by atoms with Crippen LogP contribution in [-0.2, 0) is 9.59 Å². The third-order valence-electron chi connectivity index (χ3n) is 6.92. The monoisotopic (exact) mass is 414 g/mol. The average Bonchev–Trinajstić information content (AvgIpc) is 3.08. The molecule has 2 atom stereocenters. The number of hydrogen-bond donors (Lipinski definition) is 2. The first-order chi connectivity index (χ1) is 12.6. The fraction of sp³-hybridized carbons (Fsp3) is 0.850. The lowest BCUT2D eigenvalue weighted by molar-refractivity contribution is -0.140. The number of likely N-dealkylation sites (tertiary alicyclic amines) is 1. The summed E-state index contributed by atoms with van der Waals surface area (Å²) in [5, 5.41) is 2.91. The van der Waals surface area contributed by atoms with Crippen molar-refractivity contribution in [2.24, 2.45) is 23.0 Å². The summed E-state index contributed by atoms with van der Waals surface area (Å²) in [5.41, 5.74) is 5.13. The van der Waals surface area contributed by atoms with Crippen molar-refractivity contribution in [3.63, 3.8) is 0 Å².